The minimum atomic E-state index is -3.28. The topological polar surface area (TPSA) is 84.9 Å². The van der Waals surface area contributed by atoms with E-state index in [0.29, 0.717) is 36.4 Å². The van der Waals surface area contributed by atoms with E-state index in [0.717, 1.165) is 17.7 Å². The van der Waals surface area contributed by atoms with Gasteiger partial charge in [-0.15, -0.1) is 0 Å². The number of rotatable bonds is 4. The van der Waals surface area contributed by atoms with Gasteiger partial charge in [0.25, 0.3) is 5.91 Å². The number of carbonyl (C=O) groups is 1. The SMILES string of the molecule is COc1ccc2c(c1)[C@@H](NC(=O)c1ccc(N3CCCCS3(=O)=O)cc1)CC(C)(C)O2. The van der Waals surface area contributed by atoms with E-state index in [1.165, 1.54) is 4.31 Å². The number of benzene rings is 2. The lowest BCUT2D eigenvalue weighted by molar-refractivity contribution is 0.0618. The number of sulfonamides is 1. The molecule has 166 valence electrons. The number of hydrogen-bond donors (Lipinski definition) is 1. The van der Waals surface area contributed by atoms with Gasteiger partial charge in [0, 0.05) is 24.1 Å². The number of methoxy groups -OCH3 is 1. The maximum Gasteiger partial charge on any atom is 0.251 e. The molecule has 0 spiro atoms. The standard InChI is InChI=1S/C23H28N2O5S/c1-23(2)15-20(19-14-18(29-3)10-11-21(19)30-23)24-22(26)16-6-8-17(9-7-16)25-12-4-5-13-31(25,27)28/h6-11,14,20H,4-5,12-13,15H2,1-3H3,(H,24,26)/t20-/m0/s1. The number of carbonyl (C=O) groups excluding carboxylic acids is 1. The molecule has 8 heteroatoms. The van der Waals surface area contributed by atoms with Gasteiger partial charge in [-0.1, -0.05) is 0 Å². The molecule has 2 aromatic rings. The minimum absolute atomic E-state index is 0.164. The molecule has 2 heterocycles. The predicted molar refractivity (Wildman–Crippen MR) is 119 cm³/mol. The van der Waals surface area contributed by atoms with E-state index in [1.807, 2.05) is 32.0 Å². The lowest BCUT2D eigenvalue weighted by Gasteiger charge is -2.38. The third-order valence-corrected chi connectivity index (χ3v) is 7.62. The molecule has 0 radical (unpaired) electrons. The molecule has 4 rings (SSSR count). The molecule has 2 aliphatic heterocycles. The van der Waals surface area contributed by atoms with E-state index in [1.54, 1.807) is 31.4 Å². The number of amides is 1. The van der Waals surface area contributed by atoms with Crippen LogP contribution in [-0.2, 0) is 10.0 Å². The van der Waals surface area contributed by atoms with Crippen molar-refractivity contribution < 1.29 is 22.7 Å². The van der Waals surface area contributed by atoms with E-state index >= 15 is 0 Å². The first-order valence-electron chi connectivity index (χ1n) is 10.5. The Morgan fingerprint density at radius 1 is 1.16 bits per heavy atom. The second-order valence-corrected chi connectivity index (χ2v) is 10.7. The molecule has 2 aliphatic rings. The van der Waals surface area contributed by atoms with Crippen LogP contribution in [0.5, 0.6) is 11.5 Å². The van der Waals surface area contributed by atoms with Crippen LogP contribution in [0.25, 0.3) is 0 Å². The Labute approximate surface area is 183 Å². The fourth-order valence-corrected chi connectivity index (χ4v) is 5.83. The Morgan fingerprint density at radius 3 is 2.58 bits per heavy atom. The van der Waals surface area contributed by atoms with Crippen LogP contribution in [0.3, 0.4) is 0 Å². The predicted octanol–water partition coefficient (Wildman–Crippen LogP) is 3.66. The number of nitrogens with one attached hydrogen (secondary N) is 1. The summed E-state index contributed by atoms with van der Waals surface area (Å²) in [6.45, 7) is 4.46. The van der Waals surface area contributed by atoms with E-state index in [2.05, 4.69) is 5.32 Å². The molecule has 0 unspecified atom stereocenters. The fourth-order valence-electron chi connectivity index (χ4n) is 4.19. The number of hydrogen-bond acceptors (Lipinski definition) is 5. The first kappa shape index (κ1) is 21.5. The summed E-state index contributed by atoms with van der Waals surface area (Å²) >= 11 is 0. The molecule has 0 bridgehead atoms. The van der Waals surface area contributed by atoms with Gasteiger partial charge in [-0.3, -0.25) is 9.10 Å². The van der Waals surface area contributed by atoms with Gasteiger partial charge in [0.15, 0.2) is 0 Å². The van der Waals surface area contributed by atoms with Crippen LogP contribution in [0.15, 0.2) is 42.5 Å². The molecule has 31 heavy (non-hydrogen) atoms. The summed E-state index contributed by atoms with van der Waals surface area (Å²) in [4.78, 5) is 13.0. The van der Waals surface area contributed by atoms with Crippen LogP contribution in [0.1, 0.15) is 55.1 Å². The van der Waals surface area contributed by atoms with Gasteiger partial charge >= 0.3 is 0 Å². The van der Waals surface area contributed by atoms with Crippen molar-refractivity contribution in [3.05, 3.63) is 53.6 Å². The smallest absolute Gasteiger partial charge is 0.251 e. The highest BCUT2D eigenvalue weighted by Gasteiger charge is 2.35. The number of ether oxygens (including phenoxy) is 2. The van der Waals surface area contributed by atoms with Gasteiger partial charge in [-0.25, -0.2) is 8.42 Å². The molecule has 1 amide bonds. The number of nitrogens with zero attached hydrogens (tertiary/aromatic N) is 1. The van der Waals surface area contributed by atoms with Crippen LogP contribution in [0.2, 0.25) is 0 Å². The highest BCUT2D eigenvalue weighted by Crippen LogP contribution is 2.41. The Balaban J connectivity index is 1.54. The molecule has 0 aromatic heterocycles. The summed E-state index contributed by atoms with van der Waals surface area (Å²) in [5, 5.41) is 3.11. The monoisotopic (exact) mass is 444 g/mol. The fraction of sp³-hybridized carbons (Fsp3) is 0.435. The van der Waals surface area contributed by atoms with Gasteiger partial charge in [0.1, 0.15) is 17.1 Å². The third-order valence-electron chi connectivity index (χ3n) is 5.75. The van der Waals surface area contributed by atoms with Gasteiger partial charge < -0.3 is 14.8 Å². The van der Waals surface area contributed by atoms with Crippen molar-refractivity contribution in [1.29, 1.82) is 0 Å². The summed E-state index contributed by atoms with van der Waals surface area (Å²) in [6, 6.07) is 12.1. The van der Waals surface area contributed by atoms with E-state index in [4.69, 9.17) is 9.47 Å². The lowest BCUT2D eigenvalue weighted by atomic mass is 9.89. The van der Waals surface area contributed by atoms with Crippen LogP contribution >= 0.6 is 0 Å². The molecule has 0 aliphatic carbocycles. The number of anilines is 1. The highest BCUT2D eigenvalue weighted by molar-refractivity contribution is 7.92. The molecule has 2 aromatic carbocycles. The van der Waals surface area contributed by atoms with Crippen molar-refractivity contribution in [3.63, 3.8) is 0 Å². The molecule has 7 nitrogen and oxygen atoms in total. The quantitative estimate of drug-likeness (QED) is 0.778. The average molecular weight is 445 g/mol. The third kappa shape index (κ3) is 4.49. The summed E-state index contributed by atoms with van der Waals surface area (Å²) in [5.74, 6) is 1.38. The molecular formula is C23H28N2O5S. The molecule has 1 saturated heterocycles. The Kier molecular flexibility index (Phi) is 5.60. The average Bonchev–Trinajstić information content (AvgIpc) is 2.72. The van der Waals surface area contributed by atoms with Gasteiger partial charge in [-0.2, -0.15) is 0 Å². The Hall–Kier alpha value is -2.74. The second-order valence-electron chi connectivity index (χ2n) is 8.64. The van der Waals surface area contributed by atoms with Crippen LogP contribution in [0, 0.1) is 0 Å². The first-order chi connectivity index (χ1) is 14.7. The molecular weight excluding hydrogens is 416 g/mol. The molecule has 1 N–H and O–H groups in total. The van der Waals surface area contributed by atoms with Crippen LogP contribution in [-0.4, -0.2) is 39.3 Å². The van der Waals surface area contributed by atoms with Gasteiger partial charge in [-0.05, 0) is 69.2 Å². The first-order valence-corrected chi connectivity index (χ1v) is 12.1. The largest absolute Gasteiger partial charge is 0.497 e. The van der Waals surface area contributed by atoms with Crippen molar-refractivity contribution >= 4 is 21.6 Å². The number of fused-ring (bicyclic) bond motifs is 1. The Morgan fingerprint density at radius 2 is 1.90 bits per heavy atom. The van der Waals surface area contributed by atoms with E-state index in [9.17, 15) is 13.2 Å². The van der Waals surface area contributed by atoms with Gasteiger partial charge in [0.05, 0.1) is 24.6 Å². The summed E-state index contributed by atoms with van der Waals surface area (Å²) in [5.41, 5.74) is 1.53. The normalized spacial score (nSPS) is 21.5. The zero-order chi connectivity index (χ0) is 22.2. The minimum Gasteiger partial charge on any atom is -0.497 e. The van der Waals surface area contributed by atoms with Crippen molar-refractivity contribution in [2.24, 2.45) is 0 Å². The maximum atomic E-state index is 13.0. The maximum absolute atomic E-state index is 13.0. The zero-order valence-corrected chi connectivity index (χ0v) is 18.9. The van der Waals surface area contributed by atoms with Crippen LogP contribution in [0.4, 0.5) is 5.69 Å². The Bertz CT molecular complexity index is 1080. The van der Waals surface area contributed by atoms with Crippen molar-refractivity contribution in [2.45, 2.75) is 44.8 Å². The molecule has 0 saturated carbocycles. The summed E-state index contributed by atoms with van der Waals surface area (Å²) < 4.78 is 37.5. The van der Waals surface area contributed by atoms with Crippen LogP contribution < -0.4 is 19.1 Å². The zero-order valence-electron chi connectivity index (χ0n) is 18.1. The summed E-state index contributed by atoms with van der Waals surface area (Å²) in [7, 11) is -1.67. The van der Waals surface area contributed by atoms with E-state index < -0.39 is 15.6 Å². The van der Waals surface area contributed by atoms with Gasteiger partial charge in [0.2, 0.25) is 10.0 Å². The van der Waals surface area contributed by atoms with Crippen molar-refractivity contribution in [1.82, 2.24) is 5.32 Å². The molecule has 1 atom stereocenters. The lowest BCUT2D eigenvalue weighted by Crippen LogP contribution is -2.41. The van der Waals surface area contributed by atoms with Crippen molar-refractivity contribution in [3.8, 4) is 11.5 Å². The van der Waals surface area contributed by atoms with E-state index in [-0.39, 0.29) is 17.7 Å². The molecule has 1 fully saturated rings. The second kappa shape index (κ2) is 8.07. The summed E-state index contributed by atoms with van der Waals surface area (Å²) in [6.07, 6.45) is 2.14. The highest BCUT2D eigenvalue weighted by atomic mass is 32.2. The van der Waals surface area contributed by atoms with Crippen molar-refractivity contribution in [2.75, 3.05) is 23.7 Å².